The third-order valence-corrected chi connectivity index (χ3v) is 4.72. The van der Waals surface area contributed by atoms with Crippen molar-refractivity contribution in [1.82, 2.24) is 4.90 Å². The maximum atomic E-state index is 12.5. The number of para-hydroxylation sites is 1. The molecule has 1 heterocycles. The first-order valence-electron chi connectivity index (χ1n) is 8.79. The van der Waals surface area contributed by atoms with E-state index in [0.717, 1.165) is 23.3 Å². The molecular weight excluding hydrogens is 366 g/mol. The lowest BCUT2D eigenvalue weighted by atomic mass is 10.0. The van der Waals surface area contributed by atoms with E-state index < -0.39 is 0 Å². The number of ether oxygens (including phenoxy) is 3. The summed E-state index contributed by atoms with van der Waals surface area (Å²) in [5, 5.41) is 0.600. The van der Waals surface area contributed by atoms with Crippen LogP contribution in [0.2, 0.25) is 5.02 Å². The number of amides is 1. The number of carbonyl (C=O) groups excluding carboxylic acids is 1. The standard InChI is InChI=1S/C21H24ClNO4/c1-21(2)11-14-6-5-7-18(20(14)27-21)26-13-19(24)23(3)12-15-10-16(22)8-9-17(15)25-4/h5-10H,11-13H2,1-4H3. The summed E-state index contributed by atoms with van der Waals surface area (Å²) in [5.41, 5.74) is 1.68. The van der Waals surface area contributed by atoms with Crippen LogP contribution in [0.3, 0.4) is 0 Å². The van der Waals surface area contributed by atoms with Crippen LogP contribution < -0.4 is 14.2 Å². The molecule has 0 spiro atoms. The summed E-state index contributed by atoms with van der Waals surface area (Å²) < 4.78 is 17.1. The third-order valence-electron chi connectivity index (χ3n) is 4.48. The van der Waals surface area contributed by atoms with Gasteiger partial charge in [-0.1, -0.05) is 23.7 Å². The quantitative estimate of drug-likeness (QED) is 0.746. The number of carbonyl (C=O) groups is 1. The van der Waals surface area contributed by atoms with Crippen molar-refractivity contribution in [3.05, 3.63) is 52.5 Å². The van der Waals surface area contributed by atoms with Crippen molar-refractivity contribution in [3.8, 4) is 17.2 Å². The highest BCUT2D eigenvalue weighted by Gasteiger charge is 2.32. The van der Waals surface area contributed by atoms with E-state index in [4.69, 9.17) is 25.8 Å². The largest absolute Gasteiger partial charge is 0.496 e. The van der Waals surface area contributed by atoms with Crippen LogP contribution in [0.1, 0.15) is 25.0 Å². The molecule has 0 atom stereocenters. The predicted octanol–water partition coefficient (Wildman–Crippen LogP) is 4.10. The number of fused-ring (bicyclic) bond motifs is 1. The average molecular weight is 390 g/mol. The van der Waals surface area contributed by atoms with Crippen LogP contribution in [0.5, 0.6) is 17.2 Å². The Hall–Kier alpha value is -2.40. The molecule has 0 unspecified atom stereocenters. The lowest BCUT2D eigenvalue weighted by molar-refractivity contribution is -0.132. The highest BCUT2D eigenvalue weighted by molar-refractivity contribution is 6.30. The van der Waals surface area contributed by atoms with Gasteiger partial charge in [-0.2, -0.15) is 0 Å². The fourth-order valence-corrected chi connectivity index (χ4v) is 3.36. The molecule has 1 aliphatic heterocycles. The Labute approximate surface area is 164 Å². The van der Waals surface area contributed by atoms with Crippen LogP contribution in [0.15, 0.2) is 36.4 Å². The summed E-state index contributed by atoms with van der Waals surface area (Å²) in [7, 11) is 3.32. The third kappa shape index (κ3) is 4.48. The minimum absolute atomic E-state index is 0.0698. The van der Waals surface area contributed by atoms with E-state index in [-0.39, 0.29) is 18.1 Å². The van der Waals surface area contributed by atoms with E-state index in [1.54, 1.807) is 37.3 Å². The Bertz CT molecular complexity index is 850. The van der Waals surface area contributed by atoms with Crippen LogP contribution >= 0.6 is 11.6 Å². The van der Waals surface area contributed by atoms with Gasteiger partial charge in [0.05, 0.1) is 7.11 Å². The molecule has 1 amide bonds. The van der Waals surface area contributed by atoms with Crippen molar-refractivity contribution in [2.24, 2.45) is 0 Å². The van der Waals surface area contributed by atoms with E-state index in [2.05, 4.69) is 0 Å². The molecule has 0 N–H and O–H groups in total. The molecule has 0 aliphatic carbocycles. The first-order chi connectivity index (χ1) is 12.8. The summed E-state index contributed by atoms with van der Waals surface area (Å²) in [6.45, 7) is 4.38. The minimum atomic E-state index is -0.258. The van der Waals surface area contributed by atoms with E-state index in [1.807, 2.05) is 32.0 Å². The van der Waals surface area contributed by atoms with Gasteiger partial charge in [0.1, 0.15) is 11.4 Å². The number of hydrogen-bond acceptors (Lipinski definition) is 4. The molecule has 144 valence electrons. The molecule has 0 bridgehead atoms. The van der Waals surface area contributed by atoms with Crippen molar-refractivity contribution in [1.29, 1.82) is 0 Å². The Morgan fingerprint density at radius 2 is 2.04 bits per heavy atom. The molecular formula is C21H24ClNO4. The number of methoxy groups -OCH3 is 1. The summed E-state index contributed by atoms with van der Waals surface area (Å²) in [4.78, 5) is 14.1. The molecule has 3 rings (SSSR count). The number of nitrogens with zero attached hydrogens (tertiary/aromatic N) is 1. The minimum Gasteiger partial charge on any atom is -0.496 e. The molecule has 2 aromatic carbocycles. The Morgan fingerprint density at radius 1 is 1.26 bits per heavy atom. The van der Waals surface area contributed by atoms with E-state index in [9.17, 15) is 4.79 Å². The van der Waals surface area contributed by atoms with Crippen molar-refractivity contribution in [2.45, 2.75) is 32.4 Å². The molecule has 6 heteroatoms. The van der Waals surface area contributed by atoms with Gasteiger partial charge in [-0.25, -0.2) is 0 Å². The molecule has 0 fully saturated rings. The Morgan fingerprint density at radius 3 is 2.78 bits per heavy atom. The van der Waals surface area contributed by atoms with E-state index in [1.165, 1.54) is 0 Å². The fraction of sp³-hybridized carbons (Fsp3) is 0.381. The second-order valence-electron chi connectivity index (χ2n) is 7.28. The topological polar surface area (TPSA) is 48.0 Å². The number of rotatable bonds is 6. The SMILES string of the molecule is COc1ccc(Cl)cc1CN(C)C(=O)COc1cccc2c1OC(C)(C)C2. The van der Waals surface area contributed by atoms with Crippen LogP contribution in [0, 0.1) is 0 Å². The van der Waals surface area contributed by atoms with Crippen molar-refractivity contribution >= 4 is 17.5 Å². The highest BCUT2D eigenvalue weighted by Crippen LogP contribution is 2.41. The van der Waals surface area contributed by atoms with Gasteiger partial charge in [0, 0.05) is 36.2 Å². The van der Waals surface area contributed by atoms with Gasteiger partial charge in [-0.05, 0) is 38.1 Å². The Kier molecular flexibility index (Phi) is 5.51. The normalized spacial score (nSPS) is 14.3. The molecule has 0 aromatic heterocycles. The molecule has 0 saturated heterocycles. The monoisotopic (exact) mass is 389 g/mol. The first-order valence-corrected chi connectivity index (χ1v) is 9.17. The van der Waals surface area contributed by atoms with Crippen LogP contribution in [0.4, 0.5) is 0 Å². The maximum Gasteiger partial charge on any atom is 0.260 e. The van der Waals surface area contributed by atoms with Gasteiger partial charge in [-0.15, -0.1) is 0 Å². The van der Waals surface area contributed by atoms with Gasteiger partial charge in [-0.3, -0.25) is 4.79 Å². The van der Waals surface area contributed by atoms with Crippen molar-refractivity contribution in [2.75, 3.05) is 20.8 Å². The summed E-state index contributed by atoms with van der Waals surface area (Å²) in [5.74, 6) is 1.87. The predicted molar refractivity (Wildman–Crippen MR) is 105 cm³/mol. The molecule has 0 saturated carbocycles. The molecule has 1 aliphatic rings. The number of halogens is 1. The zero-order valence-corrected chi connectivity index (χ0v) is 16.8. The van der Waals surface area contributed by atoms with E-state index >= 15 is 0 Å². The summed E-state index contributed by atoms with van der Waals surface area (Å²) in [6.07, 6.45) is 0.821. The second-order valence-corrected chi connectivity index (χ2v) is 7.71. The Balaban J connectivity index is 1.64. The van der Waals surface area contributed by atoms with Gasteiger partial charge >= 0.3 is 0 Å². The number of benzene rings is 2. The number of likely N-dealkylation sites (N-methyl/N-ethyl adjacent to an activating group) is 1. The van der Waals surface area contributed by atoms with Gasteiger partial charge in [0.15, 0.2) is 18.1 Å². The van der Waals surface area contributed by atoms with Crippen LogP contribution in [-0.4, -0.2) is 37.2 Å². The lowest BCUT2D eigenvalue weighted by Gasteiger charge is -2.20. The van der Waals surface area contributed by atoms with Crippen molar-refractivity contribution in [3.63, 3.8) is 0 Å². The first kappa shape index (κ1) is 19.4. The zero-order chi connectivity index (χ0) is 19.6. The zero-order valence-electron chi connectivity index (χ0n) is 16.0. The molecule has 27 heavy (non-hydrogen) atoms. The summed E-state index contributed by atoms with van der Waals surface area (Å²) in [6, 6.07) is 11.1. The summed E-state index contributed by atoms with van der Waals surface area (Å²) >= 11 is 6.06. The van der Waals surface area contributed by atoms with Gasteiger partial charge in [0.2, 0.25) is 0 Å². The molecule has 0 radical (unpaired) electrons. The smallest absolute Gasteiger partial charge is 0.260 e. The number of hydrogen-bond donors (Lipinski definition) is 0. The lowest BCUT2D eigenvalue weighted by Crippen LogP contribution is -2.31. The van der Waals surface area contributed by atoms with Crippen LogP contribution in [-0.2, 0) is 17.8 Å². The van der Waals surface area contributed by atoms with Crippen molar-refractivity contribution < 1.29 is 19.0 Å². The second kappa shape index (κ2) is 7.69. The van der Waals surface area contributed by atoms with Gasteiger partial charge in [0.25, 0.3) is 5.91 Å². The average Bonchev–Trinajstić information content (AvgIpc) is 2.94. The molecule has 5 nitrogen and oxygen atoms in total. The maximum absolute atomic E-state index is 12.5. The van der Waals surface area contributed by atoms with E-state index in [0.29, 0.717) is 23.1 Å². The molecule has 2 aromatic rings. The van der Waals surface area contributed by atoms with Gasteiger partial charge < -0.3 is 19.1 Å². The van der Waals surface area contributed by atoms with Crippen LogP contribution in [0.25, 0.3) is 0 Å². The highest BCUT2D eigenvalue weighted by atomic mass is 35.5. The fourth-order valence-electron chi connectivity index (χ4n) is 3.17.